The molecule has 0 amide bonds. The van der Waals surface area contributed by atoms with Gasteiger partial charge in [-0.2, -0.15) is 0 Å². The van der Waals surface area contributed by atoms with Crippen molar-refractivity contribution in [2.24, 2.45) is 0 Å². The maximum Gasteiger partial charge on any atom is 0.129 e. The summed E-state index contributed by atoms with van der Waals surface area (Å²) < 4.78 is 5.65. The van der Waals surface area contributed by atoms with E-state index < -0.39 is 0 Å². The summed E-state index contributed by atoms with van der Waals surface area (Å²) in [6.45, 7) is 0.702. The molecular formula is C12H14N2OS. The van der Waals surface area contributed by atoms with Gasteiger partial charge in [0.25, 0.3) is 0 Å². The molecule has 2 rings (SSSR count). The number of aromatic nitrogens is 1. The highest BCUT2D eigenvalue weighted by Gasteiger charge is 1.98. The minimum Gasteiger partial charge on any atom is -0.493 e. The number of thiophene rings is 1. The average molecular weight is 234 g/mol. The summed E-state index contributed by atoms with van der Waals surface area (Å²) in [4.78, 5) is 5.48. The number of anilines is 1. The maximum absolute atomic E-state index is 5.65. The average Bonchev–Trinajstić information content (AvgIpc) is 2.82. The Morgan fingerprint density at radius 2 is 2.38 bits per heavy atom. The molecule has 3 nitrogen and oxygen atoms in total. The number of hydrogen-bond acceptors (Lipinski definition) is 4. The summed E-state index contributed by atoms with van der Waals surface area (Å²) in [5.74, 6) is 1.68. The third-order valence-corrected chi connectivity index (χ3v) is 3.12. The van der Waals surface area contributed by atoms with Crippen LogP contribution in [0.25, 0.3) is 0 Å². The minimum atomic E-state index is 0.702. The van der Waals surface area contributed by atoms with Gasteiger partial charge in [0.15, 0.2) is 0 Å². The Labute approximate surface area is 99.1 Å². The topological polar surface area (TPSA) is 34.1 Å². The van der Waals surface area contributed by atoms with Crippen molar-refractivity contribution in [3.8, 4) is 5.75 Å². The van der Waals surface area contributed by atoms with Crippen molar-refractivity contribution in [1.29, 1.82) is 0 Å². The van der Waals surface area contributed by atoms with E-state index in [9.17, 15) is 0 Å². The number of nitrogens with zero attached hydrogens (tertiary/aromatic N) is 1. The molecule has 0 saturated heterocycles. The molecule has 4 heteroatoms. The molecular weight excluding hydrogens is 220 g/mol. The largest absolute Gasteiger partial charge is 0.493 e. The molecule has 0 bridgehead atoms. The van der Waals surface area contributed by atoms with Crippen LogP contribution in [-0.2, 0) is 6.42 Å². The lowest BCUT2D eigenvalue weighted by atomic mass is 10.3. The summed E-state index contributed by atoms with van der Waals surface area (Å²) in [6.07, 6.45) is 2.70. The van der Waals surface area contributed by atoms with Gasteiger partial charge in [-0.1, -0.05) is 6.07 Å². The van der Waals surface area contributed by atoms with Crippen molar-refractivity contribution in [3.05, 3.63) is 40.7 Å². The highest BCUT2D eigenvalue weighted by molar-refractivity contribution is 7.09. The summed E-state index contributed by atoms with van der Waals surface area (Å²) in [7, 11) is 1.85. The first-order valence-electron chi connectivity index (χ1n) is 5.17. The fourth-order valence-corrected chi connectivity index (χ4v) is 2.05. The van der Waals surface area contributed by atoms with E-state index in [0.717, 1.165) is 18.0 Å². The van der Waals surface area contributed by atoms with Crippen LogP contribution in [0.15, 0.2) is 35.8 Å². The van der Waals surface area contributed by atoms with Gasteiger partial charge < -0.3 is 10.1 Å². The van der Waals surface area contributed by atoms with Gasteiger partial charge in [0.1, 0.15) is 11.6 Å². The van der Waals surface area contributed by atoms with Gasteiger partial charge in [-0.05, 0) is 17.5 Å². The first-order valence-corrected chi connectivity index (χ1v) is 6.05. The molecule has 1 N–H and O–H groups in total. The minimum absolute atomic E-state index is 0.702. The Morgan fingerprint density at radius 1 is 1.44 bits per heavy atom. The second-order valence-electron chi connectivity index (χ2n) is 3.30. The molecule has 0 unspecified atom stereocenters. The lowest BCUT2D eigenvalue weighted by Crippen LogP contribution is -2.01. The normalized spacial score (nSPS) is 10.1. The van der Waals surface area contributed by atoms with Gasteiger partial charge in [0.05, 0.1) is 6.61 Å². The van der Waals surface area contributed by atoms with Crippen LogP contribution < -0.4 is 10.1 Å². The molecule has 0 aromatic carbocycles. The predicted octanol–water partition coefficient (Wildman–Crippen LogP) is 2.81. The van der Waals surface area contributed by atoms with Gasteiger partial charge in [0.2, 0.25) is 0 Å². The smallest absolute Gasteiger partial charge is 0.129 e. The lowest BCUT2D eigenvalue weighted by molar-refractivity contribution is 0.323. The van der Waals surface area contributed by atoms with Gasteiger partial charge >= 0.3 is 0 Å². The van der Waals surface area contributed by atoms with E-state index in [4.69, 9.17) is 4.74 Å². The van der Waals surface area contributed by atoms with Gasteiger partial charge in [-0.25, -0.2) is 4.98 Å². The van der Waals surface area contributed by atoms with Gasteiger partial charge in [-0.15, -0.1) is 11.3 Å². The van der Waals surface area contributed by atoms with Crippen molar-refractivity contribution in [2.75, 3.05) is 19.0 Å². The molecule has 0 radical (unpaired) electrons. The zero-order valence-corrected chi connectivity index (χ0v) is 9.96. The molecule has 0 spiro atoms. The quantitative estimate of drug-likeness (QED) is 0.863. The van der Waals surface area contributed by atoms with Gasteiger partial charge in [-0.3, -0.25) is 0 Å². The fourth-order valence-electron chi connectivity index (χ4n) is 1.36. The summed E-state index contributed by atoms with van der Waals surface area (Å²) >= 11 is 1.76. The van der Waals surface area contributed by atoms with E-state index in [-0.39, 0.29) is 0 Å². The zero-order chi connectivity index (χ0) is 11.2. The first kappa shape index (κ1) is 11.0. The van der Waals surface area contributed by atoms with E-state index in [1.807, 2.05) is 19.2 Å². The first-order chi connectivity index (χ1) is 7.88. The summed E-state index contributed by atoms with van der Waals surface area (Å²) in [5, 5.41) is 5.07. The van der Waals surface area contributed by atoms with Crippen molar-refractivity contribution in [1.82, 2.24) is 4.98 Å². The van der Waals surface area contributed by atoms with E-state index in [1.54, 1.807) is 17.5 Å². The van der Waals surface area contributed by atoms with Crippen LogP contribution in [0.4, 0.5) is 5.82 Å². The van der Waals surface area contributed by atoms with Crippen molar-refractivity contribution in [2.45, 2.75) is 6.42 Å². The van der Waals surface area contributed by atoms with Crippen LogP contribution in [0.1, 0.15) is 4.88 Å². The Kier molecular flexibility index (Phi) is 3.77. The molecule has 2 aromatic heterocycles. The van der Waals surface area contributed by atoms with Gasteiger partial charge in [0, 0.05) is 30.6 Å². The van der Waals surface area contributed by atoms with Crippen LogP contribution in [-0.4, -0.2) is 18.6 Å². The Balaban J connectivity index is 1.85. The number of nitrogens with one attached hydrogen (secondary N) is 1. The summed E-state index contributed by atoms with van der Waals surface area (Å²) in [6, 6.07) is 7.95. The lowest BCUT2D eigenvalue weighted by Gasteiger charge is -2.06. The van der Waals surface area contributed by atoms with Crippen molar-refractivity contribution in [3.63, 3.8) is 0 Å². The highest BCUT2D eigenvalue weighted by atomic mass is 32.1. The number of ether oxygens (including phenoxy) is 1. The van der Waals surface area contributed by atoms with Crippen molar-refractivity contribution < 1.29 is 4.74 Å². The molecule has 0 aliphatic heterocycles. The monoisotopic (exact) mass is 234 g/mol. The fraction of sp³-hybridized carbons (Fsp3) is 0.250. The molecule has 0 atom stereocenters. The summed E-state index contributed by atoms with van der Waals surface area (Å²) in [5.41, 5.74) is 0. The third kappa shape index (κ3) is 2.97. The molecule has 2 aromatic rings. The molecule has 0 aliphatic carbocycles. The van der Waals surface area contributed by atoms with E-state index in [2.05, 4.69) is 27.8 Å². The van der Waals surface area contributed by atoms with Crippen molar-refractivity contribution >= 4 is 17.2 Å². The highest BCUT2D eigenvalue weighted by Crippen LogP contribution is 2.15. The van der Waals surface area contributed by atoms with E-state index >= 15 is 0 Å². The molecule has 2 heterocycles. The number of pyridine rings is 1. The second-order valence-corrected chi connectivity index (χ2v) is 4.34. The molecule has 0 aliphatic rings. The van der Waals surface area contributed by atoms with Crippen LogP contribution in [0.3, 0.4) is 0 Å². The standard InChI is InChI=1S/C12H14N2OS/c1-13-12-9-10(4-6-14-12)15-7-5-11-3-2-8-16-11/h2-4,6,8-9H,5,7H2,1H3,(H,13,14). The second kappa shape index (κ2) is 5.51. The molecule has 16 heavy (non-hydrogen) atoms. The van der Waals surface area contributed by atoms with Crippen LogP contribution in [0.5, 0.6) is 5.75 Å². The maximum atomic E-state index is 5.65. The SMILES string of the molecule is CNc1cc(OCCc2cccs2)ccn1. The third-order valence-electron chi connectivity index (χ3n) is 2.18. The van der Waals surface area contributed by atoms with Crippen LogP contribution in [0, 0.1) is 0 Å². The molecule has 0 saturated carbocycles. The Morgan fingerprint density at radius 3 is 3.12 bits per heavy atom. The predicted molar refractivity (Wildman–Crippen MR) is 67.3 cm³/mol. The zero-order valence-electron chi connectivity index (χ0n) is 9.14. The number of hydrogen-bond donors (Lipinski definition) is 1. The Bertz CT molecular complexity index is 428. The number of rotatable bonds is 5. The Hall–Kier alpha value is -1.55. The van der Waals surface area contributed by atoms with Crippen LogP contribution in [0.2, 0.25) is 0 Å². The van der Waals surface area contributed by atoms with E-state index in [1.165, 1.54) is 4.88 Å². The van der Waals surface area contributed by atoms with Crippen LogP contribution >= 0.6 is 11.3 Å². The van der Waals surface area contributed by atoms with E-state index in [0.29, 0.717) is 6.61 Å². The molecule has 84 valence electrons. The molecule has 0 fully saturated rings.